The van der Waals surface area contributed by atoms with Gasteiger partial charge in [0.15, 0.2) is 0 Å². The summed E-state index contributed by atoms with van der Waals surface area (Å²) < 4.78 is 13.6. The third kappa shape index (κ3) is 3.20. The molecule has 5 heteroatoms. The Hall–Kier alpha value is -2.40. The molecule has 0 saturated carbocycles. The topological polar surface area (TPSA) is 66.6 Å². The van der Waals surface area contributed by atoms with Gasteiger partial charge < -0.3 is 15.7 Å². The first-order chi connectivity index (χ1) is 10.0. The third-order valence-electron chi connectivity index (χ3n) is 3.22. The van der Waals surface area contributed by atoms with Crippen molar-refractivity contribution in [2.75, 3.05) is 23.8 Å². The fourth-order valence-electron chi connectivity index (χ4n) is 2.05. The molecule has 110 valence electrons. The molecule has 0 aliphatic heterocycles. The van der Waals surface area contributed by atoms with E-state index in [0.29, 0.717) is 16.9 Å². The van der Waals surface area contributed by atoms with Crippen molar-refractivity contribution in [2.24, 2.45) is 0 Å². The number of hydrogen-bond acceptors (Lipinski definition) is 3. The zero-order valence-electron chi connectivity index (χ0n) is 11.7. The average molecular weight is 288 g/mol. The summed E-state index contributed by atoms with van der Waals surface area (Å²) in [5.41, 5.74) is 7.48. The SMILES string of the molecule is Cc1ccc(C(=O)N(CCO)c2ccccc2N)cc1F. The Balaban J connectivity index is 2.40. The standard InChI is InChI=1S/C16H17FN2O2/c1-11-6-7-12(10-13(11)17)16(21)19(8-9-20)15-5-3-2-4-14(15)18/h2-7,10,20H,8-9,18H2,1H3. The largest absolute Gasteiger partial charge is 0.397 e. The number of aryl methyl sites for hydroxylation is 1. The highest BCUT2D eigenvalue weighted by Gasteiger charge is 2.19. The van der Waals surface area contributed by atoms with Gasteiger partial charge in [-0.1, -0.05) is 18.2 Å². The highest BCUT2D eigenvalue weighted by atomic mass is 19.1. The van der Waals surface area contributed by atoms with E-state index in [2.05, 4.69) is 0 Å². The molecule has 4 nitrogen and oxygen atoms in total. The Bertz CT molecular complexity index is 658. The smallest absolute Gasteiger partial charge is 0.258 e. The van der Waals surface area contributed by atoms with E-state index in [9.17, 15) is 14.3 Å². The molecule has 0 saturated heterocycles. The highest BCUT2D eigenvalue weighted by molar-refractivity contribution is 6.07. The van der Waals surface area contributed by atoms with E-state index in [1.165, 1.54) is 11.0 Å². The van der Waals surface area contributed by atoms with Crippen LogP contribution in [0.5, 0.6) is 0 Å². The van der Waals surface area contributed by atoms with Gasteiger partial charge >= 0.3 is 0 Å². The van der Waals surface area contributed by atoms with E-state index in [0.717, 1.165) is 0 Å². The van der Waals surface area contributed by atoms with Crippen LogP contribution in [-0.2, 0) is 0 Å². The van der Waals surface area contributed by atoms with Crippen molar-refractivity contribution in [3.63, 3.8) is 0 Å². The second-order valence-corrected chi connectivity index (χ2v) is 4.70. The molecule has 2 aromatic rings. The van der Waals surface area contributed by atoms with E-state index in [4.69, 9.17) is 5.73 Å². The van der Waals surface area contributed by atoms with Crippen LogP contribution in [-0.4, -0.2) is 24.2 Å². The van der Waals surface area contributed by atoms with Crippen molar-refractivity contribution in [1.29, 1.82) is 0 Å². The number of carbonyl (C=O) groups excluding carboxylic acids is 1. The predicted molar refractivity (Wildman–Crippen MR) is 80.8 cm³/mol. The first-order valence-electron chi connectivity index (χ1n) is 6.58. The van der Waals surface area contributed by atoms with E-state index in [1.54, 1.807) is 43.3 Å². The van der Waals surface area contributed by atoms with E-state index in [-0.39, 0.29) is 18.7 Å². The van der Waals surface area contributed by atoms with Gasteiger partial charge in [-0.3, -0.25) is 4.79 Å². The summed E-state index contributed by atoms with van der Waals surface area (Å²) in [5, 5.41) is 9.17. The molecule has 0 aromatic heterocycles. The van der Waals surface area contributed by atoms with Gasteiger partial charge in [-0.2, -0.15) is 0 Å². The maximum atomic E-state index is 13.6. The van der Waals surface area contributed by atoms with Crippen molar-refractivity contribution in [1.82, 2.24) is 0 Å². The molecule has 0 atom stereocenters. The Labute approximate surface area is 122 Å². The zero-order chi connectivity index (χ0) is 15.4. The Morgan fingerprint density at radius 2 is 2.00 bits per heavy atom. The molecule has 0 aliphatic carbocycles. The fraction of sp³-hybridized carbons (Fsp3) is 0.188. The number of nitrogens with two attached hydrogens (primary N) is 1. The number of amides is 1. The van der Waals surface area contributed by atoms with Crippen LogP contribution in [0.3, 0.4) is 0 Å². The van der Waals surface area contributed by atoms with Crippen LogP contribution >= 0.6 is 0 Å². The number of rotatable bonds is 4. The van der Waals surface area contributed by atoms with Gasteiger partial charge in [0.2, 0.25) is 0 Å². The summed E-state index contributed by atoms with van der Waals surface area (Å²) >= 11 is 0. The molecule has 0 fully saturated rings. The Morgan fingerprint density at radius 1 is 1.29 bits per heavy atom. The normalized spacial score (nSPS) is 10.4. The minimum absolute atomic E-state index is 0.0859. The number of carbonyl (C=O) groups is 1. The number of anilines is 2. The molecule has 3 N–H and O–H groups in total. The number of aliphatic hydroxyl groups excluding tert-OH is 1. The first kappa shape index (κ1) is 15.0. The van der Waals surface area contributed by atoms with Crippen molar-refractivity contribution in [3.05, 3.63) is 59.4 Å². The molecule has 0 unspecified atom stereocenters. The summed E-state index contributed by atoms with van der Waals surface area (Å²) in [6.45, 7) is 1.50. The summed E-state index contributed by atoms with van der Waals surface area (Å²) in [6.07, 6.45) is 0. The molecule has 2 rings (SSSR count). The number of nitrogen functional groups attached to an aromatic ring is 1. The Kier molecular flexibility index (Phi) is 4.55. The summed E-state index contributed by atoms with van der Waals surface area (Å²) in [4.78, 5) is 13.9. The monoisotopic (exact) mass is 288 g/mol. The van der Waals surface area contributed by atoms with Gasteiger partial charge in [0.05, 0.1) is 18.0 Å². The second-order valence-electron chi connectivity index (χ2n) is 4.70. The van der Waals surface area contributed by atoms with Crippen LogP contribution in [0.4, 0.5) is 15.8 Å². The van der Waals surface area contributed by atoms with Crippen LogP contribution in [0.15, 0.2) is 42.5 Å². The van der Waals surface area contributed by atoms with Gasteiger partial charge in [0.1, 0.15) is 5.82 Å². The number of halogens is 1. The quantitative estimate of drug-likeness (QED) is 0.849. The highest BCUT2D eigenvalue weighted by Crippen LogP contribution is 2.24. The van der Waals surface area contributed by atoms with Gasteiger partial charge in [-0.05, 0) is 36.8 Å². The zero-order valence-corrected chi connectivity index (χ0v) is 11.7. The molecule has 2 aromatic carbocycles. The van der Waals surface area contributed by atoms with Crippen LogP contribution < -0.4 is 10.6 Å². The summed E-state index contributed by atoms with van der Waals surface area (Å²) in [7, 11) is 0. The maximum absolute atomic E-state index is 13.6. The van der Waals surface area contributed by atoms with E-state index >= 15 is 0 Å². The number of benzene rings is 2. The maximum Gasteiger partial charge on any atom is 0.258 e. The predicted octanol–water partition coefficient (Wildman–Crippen LogP) is 2.36. The molecule has 0 radical (unpaired) electrons. The molecular formula is C16H17FN2O2. The van der Waals surface area contributed by atoms with E-state index in [1.807, 2.05) is 0 Å². The summed E-state index contributed by atoms with van der Waals surface area (Å²) in [6, 6.07) is 11.2. The fourth-order valence-corrected chi connectivity index (χ4v) is 2.05. The van der Waals surface area contributed by atoms with Crippen molar-refractivity contribution in [2.45, 2.75) is 6.92 Å². The van der Waals surface area contributed by atoms with Crippen molar-refractivity contribution in [3.8, 4) is 0 Å². The third-order valence-corrected chi connectivity index (χ3v) is 3.22. The number of hydrogen-bond donors (Lipinski definition) is 2. The molecule has 0 bridgehead atoms. The minimum atomic E-state index is -0.439. The summed E-state index contributed by atoms with van der Waals surface area (Å²) in [5.74, 6) is -0.841. The van der Waals surface area contributed by atoms with E-state index < -0.39 is 11.7 Å². The lowest BCUT2D eigenvalue weighted by atomic mass is 10.1. The lowest BCUT2D eigenvalue weighted by Gasteiger charge is -2.23. The molecule has 1 amide bonds. The van der Waals surface area contributed by atoms with Crippen molar-refractivity contribution >= 4 is 17.3 Å². The van der Waals surface area contributed by atoms with Gasteiger partial charge in [-0.25, -0.2) is 4.39 Å². The average Bonchev–Trinajstić information content (AvgIpc) is 2.48. The van der Waals surface area contributed by atoms with Gasteiger partial charge in [-0.15, -0.1) is 0 Å². The van der Waals surface area contributed by atoms with Crippen LogP contribution in [0.25, 0.3) is 0 Å². The van der Waals surface area contributed by atoms with Crippen LogP contribution in [0.1, 0.15) is 15.9 Å². The lowest BCUT2D eigenvalue weighted by molar-refractivity contribution is 0.0980. The molecule has 0 aliphatic rings. The van der Waals surface area contributed by atoms with Gasteiger partial charge in [0.25, 0.3) is 5.91 Å². The molecule has 21 heavy (non-hydrogen) atoms. The van der Waals surface area contributed by atoms with Crippen LogP contribution in [0, 0.1) is 12.7 Å². The molecular weight excluding hydrogens is 271 g/mol. The number of para-hydroxylation sites is 2. The second kappa shape index (κ2) is 6.37. The molecule has 0 heterocycles. The van der Waals surface area contributed by atoms with Gasteiger partial charge in [0, 0.05) is 12.1 Å². The minimum Gasteiger partial charge on any atom is -0.397 e. The van der Waals surface area contributed by atoms with Crippen molar-refractivity contribution < 1.29 is 14.3 Å². The first-order valence-corrected chi connectivity index (χ1v) is 6.58. The molecule has 0 spiro atoms. The lowest BCUT2D eigenvalue weighted by Crippen LogP contribution is -2.34. The number of nitrogens with zero attached hydrogens (tertiary/aromatic N) is 1. The number of aliphatic hydroxyl groups is 1. The Morgan fingerprint density at radius 3 is 2.62 bits per heavy atom. The van der Waals surface area contributed by atoms with Crippen LogP contribution in [0.2, 0.25) is 0 Å².